The van der Waals surface area contributed by atoms with E-state index in [9.17, 15) is 9.90 Å². The normalized spacial score (nSPS) is 23.6. The van der Waals surface area contributed by atoms with Gasteiger partial charge >= 0.3 is 0 Å². The van der Waals surface area contributed by atoms with Crippen LogP contribution in [0, 0.1) is 18.8 Å². The van der Waals surface area contributed by atoms with E-state index >= 15 is 0 Å². The lowest BCUT2D eigenvalue weighted by atomic mass is 9.73. The summed E-state index contributed by atoms with van der Waals surface area (Å²) in [5, 5.41) is 13.0. The quantitative estimate of drug-likeness (QED) is 0.380. The fourth-order valence-corrected chi connectivity index (χ4v) is 6.30. The molecule has 1 aliphatic heterocycles. The maximum Gasteiger partial charge on any atom is 0.225 e. The number of para-hydroxylation sites is 2. The van der Waals surface area contributed by atoms with Crippen molar-refractivity contribution >= 4 is 17.5 Å². The van der Waals surface area contributed by atoms with Crippen LogP contribution in [0.25, 0.3) is 0 Å². The molecule has 0 aromatic heterocycles. The Kier molecular flexibility index (Phi) is 9.51. The highest BCUT2D eigenvalue weighted by molar-refractivity contribution is 6.32. The Morgan fingerprint density at radius 2 is 1.97 bits per heavy atom. The molecule has 2 aromatic carbocycles. The van der Waals surface area contributed by atoms with Crippen molar-refractivity contribution < 1.29 is 19.4 Å². The van der Waals surface area contributed by atoms with Crippen LogP contribution in [-0.4, -0.2) is 48.8 Å². The first-order valence-electron chi connectivity index (χ1n) is 13.6. The van der Waals surface area contributed by atoms with Gasteiger partial charge in [-0.25, -0.2) is 0 Å². The molecule has 1 heterocycles. The van der Waals surface area contributed by atoms with E-state index in [0.29, 0.717) is 36.1 Å². The molecule has 2 aromatic rings. The monoisotopic (exact) mass is 528 g/mol. The second-order valence-corrected chi connectivity index (χ2v) is 11.2. The Bertz CT molecular complexity index is 1040. The van der Waals surface area contributed by atoms with Crippen molar-refractivity contribution in [2.75, 3.05) is 26.8 Å². The third-order valence-corrected chi connectivity index (χ3v) is 8.41. The summed E-state index contributed by atoms with van der Waals surface area (Å²) in [5.74, 6) is 1.27. The molecule has 1 saturated heterocycles. The Labute approximate surface area is 226 Å². The fourth-order valence-electron chi connectivity index (χ4n) is 6.03. The number of nitrogens with two attached hydrogens (primary N) is 1. The summed E-state index contributed by atoms with van der Waals surface area (Å²) in [4.78, 5) is 15.3. The van der Waals surface area contributed by atoms with Crippen molar-refractivity contribution in [3.8, 4) is 11.5 Å². The molecule has 4 unspecified atom stereocenters. The molecule has 37 heavy (non-hydrogen) atoms. The molecule has 2 fully saturated rings. The molecule has 6 nitrogen and oxygen atoms in total. The van der Waals surface area contributed by atoms with Crippen LogP contribution in [0.15, 0.2) is 42.5 Å². The zero-order valence-corrected chi connectivity index (χ0v) is 22.9. The summed E-state index contributed by atoms with van der Waals surface area (Å²) in [6, 6.07) is 13.5. The third kappa shape index (κ3) is 6.48. The second kappa shape index (κ2) is 12.6. The standard InChI is InChI=1S/C30H41ClN2O4/c1-21-9-7-12-26(31)28(21)37-27-13-4-3-11-25(27)30(35,16-5-6-18-36-2)23-10-8-17-33(20-23)29(34)22-14-15-24(32)19-22/h3-4,7,9,11-13,22-24,35H,5-6,8,10,14-20,32H2,1-2H3. The van der Waals surface area contributed by atoms with Crippen LogP contribution in [0.2, 0.25) is 5.02 Å². The van der Waals surface area contributed by atoms with Gasteiger partial charge in [-0.2, -0.15) is 0 Å². The fraction of sp³-hybridized carbons (Fsp3) is 0.567. The number of likely N-dealkylation sites (tertiary alicyclic amines) is 1. The van der Waals surface area contributed by atoms with E-state index in [-0.39, 0.29) is 23.8 Å². The SMILES string of the molecule is COCCCCC(O)(c1ccccc1Oc1c(C)cccc1Cl)C1CCCN(C(=O)C2CCC(N)C2)C1. The number of piperidine rings is 1. The lowest BCUT2D eigenvalue weighted by Crippen LogP contribution is -2.49. The molecule has 1 saturated carbocycles. The number of aliphatic hydroxyl groups is 1. The molecule has 1 amide bonds. The first kappa shape index (κ1) is 27.9. The molecule has 0 spiro atoms. The molecular formula is C30H41ClN2O4. The van der Waals surface area contributed by atoms with Crippen molar-refractivity contribution in [3.05, 3.63) is 58.6 Å². The van der Waals surface area contributed by atoms with Gasteiger partial charge in [0.15, 0.2) is 0 Å². The van der Waals surface area contributed by atoms with Gasteiger partial charge in [0.05, 0.1) is 10.6 Å². The van der Waals surface area contributed by atoms with E-state index in [2.05, 4.69) is 0 Å². The molecular weight excluding hydrogens is 488 g/mol. The van der Waals surface area contributed by atoms with E-state index in [1.165, 1.54) is 0 Å². The molecule has 7 heteroatoms. The van der Waals surface area contributed by atoms with Crippen molar-refractivity contribution in [2.45, 2.75) is 69.9 Å². The Hall–Kier alpha value is -2.12. The van der Waals surface area contributed by atoms with E-state index in [0.717, 1.165) is 62.6 Å². The number of hydrogen-bond donors (Lipinski definition) is 2. The largest absolute Gasteiger partial charge is 0.455 e. The van der Waals surface area contributed by atoms with Gasteiger partial charge in [-0.05, 0) is 76.0 Å². The minimum absolute atomic E-state index is 0.00219. The maximum atomic E-state index is 13.4. The Morgan fingerprint density at radius 3 is 2.70 bits per heavy atom. The van der Waals surface area contributed by atoms with Gasteiger partial charge in [0.1, 0.15) is 11.5 Å². The predicted octanol–water partition coefficient (Wildman–Crippen LogP) is 5.81. The number of halogens is 1. The van der Waals surface area contributed by atoms with Crippen LogP contribution >= 0.6 is 11.6 Å². The molecule has 0 radical (unpaired) electrons. The summed E-state index contributed by atoms with van der Waals surface area (Å²) >= 11 is 6.49. The molecule has 1 aliphatic carbocycles. The number of methoxy groups -OCH3 is 1. The van der Waals surface area contributed by atoms with Gasteiger partial charge in [0, 0.05) is 50.2 Å². The average Bonchev–Trinajstić information content (AvgIpc) is 3.35. The Balaban J connectivity index is 1.63. The van der Waals surface area contributed by atoms with E-state index in [1.54, 1.807) is 7.11 Å². The van der Waals surface area contributed by atoms with Gasteiger partial charge in [0.25, 0.3) is 0 Å². The van der Waals surface area contributed by atoms with Crippen molar-refractivity contribution in [1.29, 1.82) is 0 Å². The van der Waals surface area contributed by atoms with Gasteiger partial charge in [-0.1, -0.05) is 41.9 Å². The molecule has 4 rings (SSSR count). The number of amides is 1. The molecule has 202 valence electrons. The number of nitrogens with zero attached hydrogens (tertiary/aromatic N) is 1. The summed E-state index contributed by atoms with van der Waals surface area (Å²) < 4.78 is 11.7. The van der Waals surface area contributed by atoms with Crippen LogP contribution in [0.5, 0.6) is 11.5 Å². The summed E-state index contributed by atoms with van der Waals surface area (Å²) in [5.41, 5.74) is 6.61. The highest BCUT2D eigenvalue weighted by Crippen LogP contribution is 2.45. The zero-order valence-electron chi connectivity index (χ0n) is 22.1. The topological polar surface area (TPSA) is 85.0 Å². The number of ether oxygens (including phenoxy) is 2. The molecule has 3 N–H and O–H groups in total. The van der Waals surface area contributed by atoms with E-state index in [4.69, 9.17) is 26.8 Å². The minimum atomic E-state index is -1.16. The number of hydrogen-bond acceptors (Lipinski definition) is 5. The minimum Gasteiger partial charge on any atom is -0.455 e. The summed E-state index contributed by atoms with van der Waals surface area (Å²) in [6.07, 6.45) is 6.43. The van der Waals surface area contributed by atoms with Gasteiger partial charge in [0.2, 0.25) is 5.91 Å². The number of unbranched alkanes of at least 4 members (excludes halogenated alkanes) is 1. The van der Waals surface area contributed by atoms with Crippen molar-refractivity contribution in [1.82, 2.24) is 4.90 Å². The third-order valence-electron chi connectivity index (χ3n) is 8.12. The average molecular weight is 529 g/mol. The van der Waals surface area contributed by atoms with Crippen LogP contribution < -0.4 is 10.5 Å². The van der Waals surface area contributed by atoms with Crippen LogP contribution in [0.3, 0.4) is 0 Å². The lowest BCUT2D eigenvalue weighted by Gasteiger charge is -2.44. The van der Waals surface area contributed by atoms with Gasteiger partial charge < -0.3 is 25.2 Å². The van der Waals surface area contributed by atoms with E-state index in [1.807, 2.05) is 54.3 Å². The highest BCUT2D eigenvalue weighted by atomic mass is 35.5. The van der Waals surface area contributed by atoms with Crippen LogP contribution in [0.4, 0.5) is 0 Å². The van der Waals surface area contributed by atoms with Crippen LogP contribution in [-0.2, 0) is 15.1 Å². The smallest absolute Gasteiger partial charge is 0.225 e. The molecule has 2 aliphatic rings. The lowest BCUT2D eigenvalue weighted by molar-refractivity contribution is -0.141. The second-order valence-electron chi connectivity index (χ2n) is 10.8. The highest BCUT2D eigenvalue weighted by Gasteiger charge is 2.44. The van der Waals surface area contributed by atoms with Crippen molar-refractivity contribution in [3.63, 3.8) is 0 Å². The predicted molar refractivity (Wildman–Crippen MR) is 147 cm³/mol. The van der Waals surface area contributed by atoms with Crippen LogP contribution in [0.1, 0.15) is 62.5 Å². The summed E-state index contributed by atoms with van der Waals surface area (Å²) in [7, 11) is 1.70. The maximum absolute atomic E-state index is 13.4. The molecule has 0 bridgehead atoms. The molecule has 4 atom stereocenters. The zero-order chi connectivity index (χ0) is 26.4. The van der Waals surface area contributed by atoms with Gasteiger partial charge in [-0.15, -0.1) is 0 Å². The van der Waals surface area contributed by atoms with E-state index < -0.39 is 5.60 Å². The first-order chi connectivity index (χ1) is 17.8. The van der Waals surface area contributed by atoms with Crippen molar-refractivity contribution in [2.24, 2.45) is 17.6 Å². The number of carbonyl (C=O) groups is 1. The first-order valence-corrected chi connectivity index (χ1v) is 14.0. The number of carbonyl (C=O) groups excluding carboxylic acids is 1. The number of aryl methyl sites for hydroxylation is 1. The summed E-state index contributed by atoms with van der Waals surface area (Å²) in [6.45, 7) is 3.87. The number of rotatable bonds is 10. The van der Waals surface area contributed by atoms with Gasteiger partial charge in [-0.3, -0.25) is 4.79 Å². The Morgan fingerprint density at radius 1 is 1.16 bits per heavy atom. The number of benzene rings is 2.